The van der Waals surface area contributed by atoms with Crippen molar-refractivity contribution in [3.63, 3.8) is 0 Å². The van der Waals surface area contributed by atoms with Crippen molar-refractivity contribution in [2.24, 2.45) is 16.6 Å². The summed E-state index contributed by atoms with van der Waals surface area (Å²) in [7, 11) is 0. The molecule has 0 aromatic heterocycles. The fraction of sp³-hybridized carbons (Fsp3) is 0.875. The van der Waals surface area contributed by atoms with Crippen LogP contribution in [0.3, 0.4) is 0 Å². The van der Waals surface area contributed by atoms with Crippen LogP contribution in [0.15, 0.2) is 4.99 Å². The van der Waals surface area contributed by atoms with E-state index in [1.54, 1.807) is 0 Å². The summed E-state index contributed by atoms with van der Waals surface area (Å²) in [6.45, 7) is 5.69. The molecule has 0 bridgehead atoms. The first-order chi connectivity index (χ1) is 9.12. The van der Waals surface area contributed by atoms with Gasteiger partial charge in [-0.1, -0.05) is 64.7 Å². The first-order valence-corrected chi connectivity index (χ1v) is 7.89. The number of rotatable bonds is 3. The molecule has 1 aliphatic rings. The van der Waals surface area contributed by atoms with Gasteiger partial charge in [0.2, 0.25) is 5.91 Å². The third kappa shape index (κ3) is 4.96. The topological polar surface area (TPSA) is 55.4 Å². The molecular weight excluding hydrogens is 236 g/mol. The van der Waals surface area contributed by atoms with Gasteiger partial charge in [-0.05, 0) is 19.6 Å². The maximum Gasteiger partial charge on any atom is 0.222 e. The van der Waals surface area contributed by atoms with E-state index in [-0.39, 0.29) is 17.4 Å². The van der Waals surface area contributed by atoms with Gasteiger partial charge in [-0.2, -0.15) is 0 Å². The summed E-state index contributed by atoms with van der Waals surface area (Å²) in [5.41, 5.74) is 5.20. The van der Waals surface area contributed by atoms with Crippen LogP contribution < -0.4 is 5.73 Å². The van der Waals surface area contributed by atoms with Crippen molar-refractivity contribution in [2.45, 2.75) is 83.1 Å². The van der Waals surface area contributed by atoms with E-state index in [0.717, 1.165) is 25.7 Å². The number of nitrogens with zero attached hydrogens (tertiary/aromatic N) is 1. The maximum absolute atomic E-state index is 11.6. The number of nitrogens with two attached hydrogens (primary N) is 1. The summed E-state index contributed by atoms with van der Waals surface area (Å²) >= 11 is 0. The Morgan fingerprint density at radius 3 is 1.68 bits per heavy atom. The van der Waals surface area contributed by atoms with Crippen molar-refractivity contribution >= 4 is 12.6 Å². The molecule has 1 amide bonds. The molecule has 1 rings (SSSR count). The molecule has 0 aromatic carbocycles. The van der Waals surface area contributed by atoms with Crippen LogP contribution in [0.25, 0.3) is 0 Å². The van der Waals surface area contributed by atoms with E-state index in [1.165, 1.54) is 44.9 Å². The van der Waals surface area contributed by atoms with Crippen LogP contribution in [0.5, 0.6) is 0 Å². The van der Waals surface area contributed by atoms with Crippen molar-refractivity contribution < 1.29 is 4.79 Å². The first-order valence-electron chi connectivity index (χ1n) is 7.89. The summed E-state index contributed by atoms with van der Waals surface area (Å²) in [4.78, 5) is 15.9. The average Bonchev–Trinajstić information content (AvgIpc) is 2.39. The van der Waals surface area contributed by atoms with Crippen molar-refractivity contribution in [1.29, 1.82) is 0 Å². The van der Waals surface area contributed by atoms with Crippen molar-refractivity contribution in [1.82, 2.24) is 0 Å². The van der Waals surface area contributed by atoms with E-state index in [9.17, 15) is 4.79 Å². The Morgan fingerprint density at radius 2 is 1.37 bits per heavy atom. The lowest BCUT2D eigenvalue weighted by molar-refractivity contribution is -0.123. The molecule has 2 N–H and O–H groups in total. The first kappa shape index (κ1) is 16.2. The average molecular weight is 266 g/mol. The summed E-state index contributed by atoms with van der Waals surface area (Å²) in [6, 6.07) is 0. The number of hydrogen-bond acceptors (Lipinski definition) is 2. The van der Waals surface area contributed by atoms with Gasteiger partial charge >= 0.3 is 0 Å². The maximum atomic E-state index is 11.6. The van der Waals surface area contributed by atoms with E-state index < -0.39 is 0 Å². The highest BCUT2D eigenvalue weighted by molar-refractivity contribution is 5.78. The standard InChI is InChI=1S/C16H30N2O/c1-14(15(17)19)16(18-2)12-10-8-6-4-3-5-7-9-11-13-16/h14H,2-13H2,1H3,(H2,17,19). The number of primary amides is 1. The van der Waals surface area contributed by atoms with E-state index in [1.807, 2.05) is 6.92 Å². The summed E-state index contributed by atoms with van der Waals surface area (Å²) < 4.78 is 0. The normalized spacial score (nSPS) is 23.6. The Morgan fingerprint density at radius 1 is 1.00 bits per heavy atom. The smallest absolute Gasteiger partial charge is 0.222 e. The van der Waals surface area contributed by atoms with E-state index in [2.05, 4.69) is 11.7 Å². The summed E-state index contributed by atoms with van der Waals surface area (Å²) in [5.74, 6) is -0.438. The minimum absolute atomic E-state index is 0.201. The Hall–Kier alpha value is -0.860. The van der Waals surface area contributed by atoms with Crippen LogP contribution in [0.1, 0.15) is 77.6 Å². The quantitative estimate of drug-likeness (QED) is 0.775. The van der Waals surface area contributed by atoms with Gasteiger partial charge in [0.05, 0.1) is 11.5 Å². The van der Waals surface area contributed by atoms with Crippen molar-refractivity contribution in [2.75, 3.05) is 0 Å². The minimum atomic E-state index is -0.314. The van der Waals surface area contributed by atoms with E-state index in [0.29, 0.717) is 0 Å². The Bertz CT molecular complexity index is 276. The predicted octanol–water partition coefficient (Wildman–Crippen LogP) is 3.85. The Balaban J connectivity index is 2.71. The molecule has 0 heterocycles. The Labute approximate surface area is 118 Å². The Kier molecular flexibility index (Phi) is 7.11. The summed E-state index contributed by atoms with van der Waals surface area (Å²) in [5, 5.41) is 0. The zero-order chi connectivity index (χ0) is 14.1. The van der Waals surface area contributed by atoms with Gasteiger partial charge < -0.3 is 5.73 Å². The van der Waals surface area contributed by atoms with Crippen molar-refractivity contribution in [3.05, 3.63) is 0 Å². The highest BCUT2D eigenvalue weighted by atomic mass is 16.1. The molecule has 0 aromatic rings. The molecule has 3 nitrogen and oxygen atoms in total. The molecule has 19 heavy (non-hydrogen) atoms. The second-order valence-corrected chi connectivity index (χ2v) is 6.07. The zero-order valence-corrected chi connectivity index (χ0v) is 12.5. The highest BCUT2D eigenvalue weighted by Crippen LogP contribution is 2.34. The molecule has 3 heteroatoms. The third-order valence-corrected chi connectivity index (χ3v) is 4.77. The van der Waals surface area contributed by atoms with Crippen LogP contribution in [-0.2, 0) is 4.79 Å². The van der Waals surface area contributed by atoms with Crippen LogP contribution in [0.4, 0.5) is 0 Å². The van der Waals surface area contributed by atoms with Gasteiger partial charge in [0.25, 0.3) is 0 Å². The van der Waals surface area contributed by atoms with Crippen LogP contribution in [0.2, 0.25) is 0 Å². The number of amides is 1. The minimum Gasteiger partial charge on any atom is -0.369 e. The molecule has 0 radical (unpaired) electrons. The number of carbonyl (C=O) groups is 1. The second kappa shape index (κ2) is 8.34. The monoisotopic (exact) mass is 266 g/mol. The van der Waals surface area contributed by atoms with Gasteiger partial charge in [-0.25, -0.2) is 0 Å². The molecular formula is C16H30N2O. The lowest BCUT2D eigenvalue weighted by Crippen LogP contribution is -2.42. The van der Waals surface area contributed by atoms with Gasteiger partial charge in [-0.3, -0.25) is 9.79 Å². The molecule has 0 saturated heterocycles. The molecule has 1 fully saturated rings. The van der Waals surface area contributed by atoms with Crippen LogP contribution >= 0.6 is 0 Å². The second-order valence-electron chi connectivity index (χ2n) is 6.07. The molecule has 1 unspecified atom stereocenters. The number of carbonyl (C=O) groups excluding carboxylic acids is 1. The SMILES string of the molecule is C=NC1(C(C)C(N)=O)CCCCCCCCCCC1. The fourth-order valence-electron chi connectivity index (χ4n) is 3.22. The molecule has 0 spiro atoms. The third-order valence-electron chi connectivity index (χ3n) is 4.77. The lowest BCUT2D eigenvalue weighted by atomic mass is 9.76. The molecule has 1 saturated carbocycles. The van der Waals surface area contributed by atoms with Gasteiger partial charge in [0.15, 0.2) is 0 Å². The number of hydrogen-bond donors (Lipinski definition) is 1. The van der Waals surface area contributed by atoms with Crippen LogP contribution in [-0.4, -0.2) is 18.2 Å². The van der Waals surface area contributed by atoms with Crippen molar-refractivity contribution in [3.8, 4) is 0 Å². The van der Waals surface area contributed by atoms with E-state index in [4.69, 9.17) is 5.73 Å². The highest BCUT2D eigenvalue weighted by Gasteiger charge is 2.37. The van der Waals surface area contributed by atoms with Gasteiger partial charge in [0.1, 0.15) is 0 Å². The largest absolute Gasteiger partial charge is 0.369 e. The van der Waals surface area contributed by atoms with Gasteiger partial charge in [-0.15, -0.1) is 0 Å². The number of aliphatic imine (C=N–C) groups is 1. The van der Waals surface area contributed by atoms with Gasteiger partial charge in [0, 0.05) is 0 Å². The fourth-order valence-corrected chi connectivity index (χ4v) is 3.22. The predicted molar refractivity (Wildman–Crippen MR) is 81.4 cm³/mol. The lowest BCUT2D eigenvalue weighted by Gasteiger charge is -2.34. The molecule has 1 aliphatic carbocycles. The van der Waals surface area contributed by atoms with E-state index >= 15 is 0 Å². The zero-order valence-electron chi connectivity index (χ0n) is 12.5. The molecule has 1 atom stereocenters. The van der Waals surface area contributed by atoms with Crippen LogP contribution in [0, 0.1) is 5.92 Å². The molecule has 110 valence electrons. The summed E-state index contributed by atoms with van der Waals surface area (Å²) in [6.07, 6.45) is 13.3. The molecule has 0 aliphatic heterocycles.